The summed E-state index contributed by atoms with van der Waals surface area (Å²) in [4.78, 5) is 39.2. The average molecular weight is 523 g/mol. The number of carbonyl (C=O) groups is 3. The van der Waals surface area contributed by atoms with E-state index in [2.05, 4.69) is 10.6 Å². The Bertz CT molecular complexity index is 1360. The van der Waals surface area contributed by atoms with Crippen molar-refractivity contribution in [2.75, 3.05) is 11.9 Å². The highest BCUT2D eigenvalue weighted by Gasteiger charge is 2.28. The second-order valence-corrected chi connectivity index (χ2v) is 9.16. The Morgan fingerprint density at radius 2 is 1.78 bits per heavy atom. The summed E-state index contributed by atoms with van der Waals surface area (Å²) < 4.78 is 10.5. The molecule has 2 aromatic heterocycles. The van der Waals surface area contributed by atoms with Gasteiger partial charge >= 0.3 is 5.97 Å². The van der Waals surface area contributed by atoms with Gasteiger partial charge in [0.05, 0.1) is 12.9 Å². The maximum atomic E-state index is 13.4. The number of thiophene rings is 1. The number of ketones is 1. The van der Waals surface area contributed by atoms with Crippen LogP contribution in [0.2, 0.25) is 5.02 Å². The smallest absolute Gasteiger partial charge is 0.341 e. The van der Waals surface area contributed by atoms with Crippen LogP contribution in [0, 0.1) is 6.92 Å². The summed E-state index contributed by atoms with van der Waals surface area (Å²) >= 11 is 7.21. The number of anilines is 1. The minimum absolute atomic E-state index is 0.0443. The first-order chi connectivity index (χ1) is 17.4. The van der Waals surface area contributed by atoms with Gasteiger partial charge in [0.1, 0.15) is 10.6 Å². The molecule has 0 aliphatic rings. The number of hydrogen-bond donors (Lipinski definition) is 2. The Morgan fingerprint density at radius 3 is 2.42 bits per heavy atom. The number of halogens is 1. The summed E-state index contributed by atoms with van der Waals surface area (Å²) in [6, 6.07) is 17.1. The number of aryl methyl sites for hydroxylation is 1. The minimum Gasteiger partial charge on any atom is -0.462 e. The molecule has 0 saturated heterocycles. The number of hydrogen-bond acceptors (Lipinski definition) is 7. The molecule has 1 atom stereocenters. The molecule has 2 aromatic carbocycles. The first-order valence-corrected chi connectivity index (χ1v) is 12.4. The Hall–Kier alpha value is -3.88. The van der Waals surface area contributed by atoms with Crippen LogP contribution in [0.3, 0.4) is 0 Å². The molecule has 0 spiro atoms. The fourth-order valence-corrected chi connectivity index (χ4v) is 4.62. The SMILES string of the molecule is CCOC(=O)c1c(-c2ccc(C)cc2)csc1N[C@@H](NC(=O)c1ccco1)C(=O)c1ccc(Cl)cc1. The van der Waals surface area contributed by atoms with Crippen molar-refractivity contribution in [1.82, 2.24) is 5.32 Å². The first kappa shape index (κ1) is 25.2. The Labute approximate surface area is 217 Å². The van der Waals surface area contributed by atoms with Gasteiger partial charge in [-0.2, -0.15) is 0 Å². The molecule has 184 valence electrons. The van der Waals surface area contributed by atoms with Crippen LogP contribution in [-0.4, -0.2) is 30.4 Å². The Morgan fingerprint density at radius 1 is 1.06 bits per heavy atom. The van der Waals surface area contributed by atoms with Gasteiger partial charge < -0.3 is 19.8 Å². The van der Waals surface area contributed by atoms with Gasteiger partial charge in [0, 0.05) is 21.5 Å². The van der Waals surface area contributed by atoms with Crippen molar-refractivity contribution in [2.24, 2.45) is 0 Å². The van der Waals surface area contributed by atoms with E-state index in [1.54, 1.807) is 37.3 Å². The van der Waals surface area contributed by atoms with Gasteiger partial charge in [0.25, 0.3) is 5.91 Å². The van der Waals surface area contributed by atoms with E-state index in [9.17, 15) is 14.4 Å². The monoisotopic (exact) mass is 522 g/mol. The largest absolute Gasteiger partial charge is 0.462 e. The summed E-state index contributed by atoms with van der Waals surface area (Å²) in [5.41, 5.74) is 3.18. The van der Waals surface area contributed by atoms with Crippen LogP contribution >= 0.6 is 22.9 Å². The molecule has 0 fully saturated rings. The number of carbonyl (C=O) groups excluding carboxylic acids is 3. The highest BCUT2D eigenvalue weighted by molar-refractivity contribution is 7.15. The quantitative estimate of drug-likeness (QED) is 0.154. The number of benzene rings is 2. The van der Waals surface area contributed by atoms with E-state index < -0.39 is 23.8 Å². The van der Waals surface area contributed by atoms with Crippen molar-refractivity contribution in [3.05, 3.63) is 99.8 Å². The normalized spacial score (nSPS) is 11.5. The zero-order chi connectivity index (χ0) is 25.7. The summed E-state index contributed by atoms with van der Waals surface area (Å²) in [6.45, 7) is 3.88. The predicted octanol–water partition coefficient (Wildman–Crippen LogP) is 6.20. The molecular weight excluding hydrogens is 500 g/mol. The summed E-state index contributed by atoms with van der Waals surface area (Å²) in [5, 5.41) is 8.39. The van der Waals surface area contributed by atoms with E-state index in [4.69, 9.17) is 20.8 Å². The number of esters is 1. The molecule has 0 bridgehead atoms. The van der Waals surface area contributed by atoms with Crippen LogP contribution in [0.4, 0.5) is 5.00 Å². The summed E-state index contributed by atoms with van der Waals surface area (Å²) in [7, 11) is 0. The fourth-order valence-electron chi connectivity index (χ4n) is 3.50. The summed E-state index contributed by atoms with van der Waals surface area (Å²) in [5.74, 6) is -1.51. The van der Waals surface area contributed by atoms with Crippen molar-refractivity contribution in [3.8, 4) is 11.1 Å². The lowest BCUT2D eigenvalue weighted by Gasteiger charge is -2.20. The molecule has 0 radical (unpaired) electrons. The van der Waals surface area contributed by atoms with E-state index in [1.807, 2.05) is 36.6 Å². The van der Waals surface area contributed by atoms with Crippen LogP contribution in [0.15, 0.2) is 76.7 Å². The zero-order valence-electron chi connectivity index (χ0n) is 19.5. The van der Waals surface area contributed by atoms with Gasteiger partial charge in [-0.05, 0) is 55.8 Å². The standard InChI is InChI=1S/C27H23ClN2O5S/c1-3-34-27(33)22-20(17-8-6-16(2)7-9-17)15-36-26(22)30-24(29-25(32)21-5-4-14-35-21)23(31)18-10-12-19(28)13-11-18/h4-15,24,30H,3H2,1-2H3,(H,29,32)/t24-/m1/s1. The number of Topliss-reactive ketones (excluding diaryl/α,β-unsaturated/α-hetero) is 1. The number of nitrogens with one attached hydrogen (secondary N) is 2. The molecule has 0 aliphatic carbocycles. The van der Waals surface area contributed by atoms with E-state index in [0.717, 1.165) is 11.1 Å². The summed E-state index contributed by atoms with van der Waals surface area (Å²) in [6.07, 6.45) is 0.158. The van der Waals surface area contributed by atoms with E-state index in [0.29, 0.717) is 21.2 Å². The van der Waals surface area contributed by atoms with Gasteiger partial charge in [0.2, 0.25) is 5.78 Å². The van der Waals surface area contributed by atoms with Crippen LogP contribution in [-0.2, 0) is 4.74 Å². The molecule has 4 rings (SSSR count). The molecule has 0 unspecified atom stereocenters. The second-order valence-electron chi connectivity index (χ2n) is 7.84. The molecule has 4 aromatic rings. The molecule has 9 heteroatoms. The number of amides is 1. The molecule has 2 heterocycles. The lowest BCUT2D eigenvalue weighted by molar-refractivity contribution is 0.0528. The minimum atomic E-state index is -1.21. The maximum Gasteiger partial charge on any atom is 0.341 e. The lowest BCUT2D eigenvalue weighted by atomic mass is 10.0. The van der Waals surface area contributed by atoms with Gasteiger partial charge in [-0.1, -0.05) is 41.4 Å². The van der Waals surface area contributed by atoms with Gasteiger partial charge in [-0.15, -0.1) is 11.3 Å². The third-order valence-corrected chi connectivity index (χ3v) is 6.48. The van der Waals surface area contributed by atoms with Crippen LogP contribution < -0.4 is 10.6 Å². The highest BCUT2D eigenvalue weighted by Crippen LogP contribution is 2.37. The Balaban J connectivity index is 1.72. The number of ether oxygens (including phenoxy) is 1. The first-order valence-electron chi connectivity index (χ1n) is 11.1. The topological polar surface area (TPSA) is 97.6 Å². The van der Waals surface area contributed by atoms with E-state index >= 15 is 0 Å². The molecule has 2 N–H and O–H groups in total. The molecule has 7 nitrogen and oxygen atoms in total. The predicted molar refractivity (Wildman–Crippen MR) is 140 cm³/mol. The van der Waals surface area contributed by atoms with Gasteiger partial charge in [0.15, 0.2) is 11.9 Å². The fraction of sp³-hybridized carbons (Fsp3) is 0.148. The van der Waals surface area contributed by atoms with Crippen LogP contribution in [0.1, 0.15) is 43.8 Å². The van der Waals surface area contributed by atoms with E-state index in [1.165, 1.54) is 23.7 Å². The molecule has 0 saturated carbocycles. The van der Waals surface area contributed by atoms with Crippen LogP contribution in [0.25, 0.3) is 11.1 Å². The molecular formula is C27H23ClN2O5S. The third kappa shape index (κ3) is 5.67. The number of rotatable bonds is 9. The number of furan rings is 1. The van der Waals surface area contributed by atoms with Crippen molar-refractivity contribution in [2.45, 2.75) is 20.0 Å². The van der Waals surface area contributed by atoms with E-state index in [-0.39, 0.29) is 17.9 Å². The maximum absolute atomic E-state index is 13.4. The zero-order valence-corrected chi connectivity index (χ0v) is 21.1. The Kier molecular flexibility index (Phi) is 7.87. The lowest BCUT2D eigenvalue weighted by Crippen LogP contribution is -2.46. The van der Waals surface area contributed by atoms with Gasteiger partial charge in [-0.3, -0.25) is 9.59 Å². The van der Waals surface area contributed by atoms with Crippen LogP contribution in [0.5, 0.6) is 0 Å². The highest BCUT2D eigenvalue weighted by atomic mass is 35.5. The van der Waals surface area contributed by atoms with Crippen molar-refractivity contribution < 1.29 is 23.5 Å². The third-order valence-electron chi connectivity index (χ3n) is 5.32. The average Bonchev–Trinajstić information content (AvgIpc) is 3.55. The molecule has 1 amide bonds. The van der Waals surface area contributed by atoms with Crippen molar-refractivity contribution in [1.29, 1.82) is 0 Å². The molecule has 36 heavy (non-hydrogen) atoms. The molecule has 0 aliphatic heterocycles. The second kappa shape index (κ2) is 11.2. The van der Waals surface area contributed by atoms with Crippen molar-refractivity contribution in [3.63, 3.8) is 0 Å². The van der Waals surface area contributed by atoms with Crippen molar-refractivity contribution >= 4 is 45.6 Å². The van der Waals surface area contributed by atoms with Gasteiger partial charge in [-0.25, -0.2) is 4.79 Å².